The van der Waals surface area contributed by atoms with Gasteiger partial charge in [0.1, 0.15) is 0 Å². The van der Waals surface area contributed by atoms with Crippen LogP contribution in [0, 0.1) is 0 Å². The van der Waals surface area contributed by atoms with E-state index in [0.717, 1.165) is 17.7 Å². The van der Waals surface area contributed by atoms with Crippen molar-refractivity contribution in [3.63, 3.8) is 0 Å². The van der Waals surface area contributed by atoms with Crippen LogP contribution < -0.4 is 16.4 Å². The number of aliphatic imine (C=N–C) groups is 1. The van der Waals surface area contributed by atoms with E-state index in [1.54, 1.807) is 7.11 Å². The standard InChI is InChI=1S/C16H26N4O2/c1-4-5-15(21)20-14-8-6-13(7-9-14)10-18-16(17)19-12(2)11-22-3/h6-9,12H,4-5,10-11H2,1-3H3,(H,20,21)(H3,17,18,19). The Morgan fingerprint density at radius 2 is 2.05 bits per heavy atom. The van der Waals surface area contributed by atoms with Gasteiger partial charge in [0.15, 0.2) is 5.96 Å². The van der Waals surface area contributed by atoms with E-state index in [2.05, 4.69) is 15.6 Å². The molecule has 0 radical (unpaired) electrons. The molecule has 0 aliphatic heterocycles. The fourth-order valence-electron chi connectivity index (χ4n) is 1.91. The molecule has 1 amide bonds. The molecule has 0 bridgehead atoms. The molecule has 1 atom stereocenters. The van der Waals surface area contributed by atoms with E-state index in [9.17, 15) is 4.79 Å². The smallest absolute Gasteiger partial charge is 0.224 e. The maximum absolute atomic E-state index is 11.5. The van der Waals surface area contributed by atoms with Gasteiger partial charge in [0.25, 0.3) is 0 Å². The lowest BCUT2D eigenvalue weighted by Gasteiger charge is -2.13. The maximum Gasteiger partial charge on any atom is 0.224 e. The lowest BCUT2D eigenvalue weighted by molar-refractivity contribution is -0.116. The number of hydrogen-bond acceptors (Lipinski definition) is 3. The SMILES string of the molecule is CCCC(=O)Nc1ccc(CN=C(N)NC(C)COC)cc1. The molecule has 0 aromatic heterocycles. The predicted octanol–water partition coefficient (Wildman–Crippen LogP) is 1.86. The van der Waals surface area contributed by atoms with Gasteiger partial charge in [0.05, 0.1) is 13.2 Å². The quantitative estimate of drug-likeness (QED) is 0.505. The summed E-state index contributed by atoms with van der Waals surface area (Å²) in [4.78, 5) is 15.8. The number of carbonyl (C=O) groups excluding carboxylic acids is 1. The molecule has 0 spiro atoms. The third kappa shape index (κ3) is 7.08. The molecule has 4 N–H and O–H groups in total. The Morgan fingerprint density at radius 1 is 1.36 bits per heavy atom. The second-order valence-electron chi connectivity index (χ2n) is 5.20. The number of methoxy groups -OCH3 is 1. The van der Waals surface area contributed by atoms with Gasteiger partial charge in [0, 0.05) is 25.3 Å². The van der Waals surface area contributed by atoms with Crippen LogP contribution in [0.4, 0.5) is 5.69 Å². The second-order valence-corrected chi connectivity index (χ2v) is 5.20. The zero-order valence-corrected chi connectivity index (χ0v) is 13.6. The van der Waals surface area contributed by atoms with Crippen molar-refractivity contribution in [1.29, 1.82) is 0 Å². The summed E-state index contributed by atoms with van der Waals surface area (Å²) in [6.07, 6.45) is 1.38. The topological polar surface area (TPSA) is 88.7 Å². The lowest BCUT2D eigenvalue weighted by Crippen LogP contribution is -2.40. The van der Waals surface area contributed by atoms with Gasteiger partial charge in [-0.15, -0.1) is 0 Å². The normalized spacial score (nSPS) is 12.8. The van der Waals surface area contributed by atoms with Gasteiger partial charge < -0.3 is 21.1 Å². The van der Waals surface area contributed by atoms with Crippen LogP contribution in [-0.4, -0.2) is 31.6 Å². The van der Waals surface area contributed by atoms with Gasteiger partial charge in [-0.25, -0.2) is 4.99 Å². The second kappa shape index (κ2) is 9.78. The van der Waals surface area contributed by atoms with Crippen LogP contribution in [0.5, 0.6) is 0 Å². The molecule has 0 saturated heterocycles. The summed E-state index contributed by atoms with van der Waals surface area (Å²) < 4.78 is 5.02. The third-order valence-electron chi connectivity index (χ3n) is 2.96. The Hall–Kier alpha value is -2.08. The molecule has 1 rings (SSSR count). The Morgan fingerprint density at radius 3 is 2.64 bits per heavy atom. The first-order valence-corrected chi connectivity index (χ1v) is 7.49. The monoisotopic (exact) mass is 306 g/mol. The number of nitrogens with zero attached hydrogens (tertiary/aromatic N) is 1. The van der Waals surface area contributed by atoms with Gasteiger partial charge in [0.2, 0.25) is 5.91 Å². The summed E-state index contributed by atoms with van der Waals surface area (Å²) in [6, 6.07) is 7.71. The maximum atomic E-state index is 11.5. The van der Waals surface area contributed by atoms with E-state index in [4.69, 9.17) is 10.5 Å². The van der Waals surface area contributed by atoms with E-state index in [0.29, 0.717) is 25.5 Å². The molecule has 0 saturated carbocycles. The first kappa shape index (κ1) is 18.0. The summed E-state index contributed by atoms with van der Waals surface area (Å²) in [7, 11) is 1.65. The highest BCUT2D eigenvalue weighted by Crippen LogP contribution is 2.11. The number of guanidine groups is 1. The lowest BCUT2D eigenvalue weighted by atomic mass is 10.2. The zero-order valence-electron chi connectivity index (χ0n) is 13.6. The van der Waals surface area contributed by atoms with Crippen molar-refractivity contribution in [3.8, 4) is 0 Å². The van der Waals surface area contributed by atoms with Gasteiger partial charge >= 0.3 is 0 Å². The summed E-state index contributed by atoms with van der Waals surface area (Å²) in [6.45, 7) is 5.01. The Bertz CT molecular complexity index is 485. The number of carbonyl (C=O) groups is 1. The molecule has 1 unspecified atom stereocenters. The predicted molar refractivity (Wildman–Crippen MR) is 89.8 cm³/mol. The van der Waals surface area contributed by atoms with Crippen LogP contribution >= 0.6 is 0 Å². The van der Waals surface area contributed by atoms with Crippen LogP contribution in [0.2, 0.25) is 0 Å². The molecule has 1 aromatic rings. The van der Waals surface area contributed by atoms with E-state index in [-0.39, 0.29) is 11.9 Å². The van der Waals surface area contributed by atoms with Gasteiger partial charge in [-0.3, -0.25) is 4.79 Å². The molecule has 0 fully saturated rings. The highest BCUT2D eigenvalue weighted by molar-refractivity contribution is 5.90. The van der Waals surface area contributed by atoms with Crippen molar-refractivity contribution < 1.29 is 9.53 Å². The van der Waals surface area contributed by atoms with Crippen molar-refractivity contribution in [2.75, 3.05) is 19.0 Å². The number of amides is 1. The molecule has 6 nitrogen and oxygen atoms in total. The number of benzene rings is 1. The minimum atomic E-state index is 0.0360. The fourth-order valence-corrected chi connectivity index (χ4v) is 1.91. The first-order valence-electron chi connectivity index (χ1n) is 7.49. The third-order valence-corrected chi connectivity index (χ3v) is 2.96. The molecular weight excluding hydrogens is 280 g/mol. The largest absolute Gasteiger partial charge is 0.383 e. The highest BCUT2D eigenvalue weighted by atomic mass is 16.5. The fraction of sp³-hybridized carbons (Fsp3) is 0.500. The molecule has 0 aliphatic rings. The van der Waals surface area contributed by atoms with Crippen LogP contribution in [0.15, 0.2) is 29.3 Å². The highest BCUT2D eigenvalue weighted by Gasteiger charge is 2.02. The number of nitrogens with two attached hydrogens (primary N) is 1. The van der Waals surface area contributed by atoms with E-state index < -0.39 is 0 Å². The van der Waals surface area contributed by atoms with Crippen LogP contribution in [-0.2, 0) is 16.1 Å². The number of anilines is 1. The number of nitrogens with one attached hydrogen (secondary N) is 2. The van der Waals surface area contributed by atoms with Crippen molar-refractivity contribution in [2.24, 2.45) is 10.7 Å². The van der Waals surface area contributed by atoms with Crippen molar-refractivity contribution in [3.05, 3.63) is 29.8 Å². The Balaban J connectivity index is 2.48. The summed E-state index contributed by atoms with van der Waals surface area (Å²) in [5.41, 5.74) is 7.63. The minimum absolute atomic E-state index is 0.0360. The first-order chi connectivity index (χ1) is 10.5. The summed E-state index contributed by atoms with van der Waals surface area (Å²) in [5.74, 6) is 0.429. The molecule has 22 heavy (non-hydrogen) atoms. The average Bonchev–Trinajstić information content (AvgIpc) is 2.47. The number of rotatable bonds is 8. The van der Waals surface area contributed by atoms with Crippen molar-refractivity contribution >= 4 is 17.6 Å². The zero-order chi connectivity index (χ0) is 16.4. The molecular formula is C16H26N4O2. The Kier molecular flexibility index (Phi) is 7.99. The van der Waals surface area contributed by atoms with Crippen molar-refractivity contribution in [1.82, 2.24) is 5.32 Å². The summed E-state index contributed by atoms with van der Waals surface area (Å²) in [5, 5.41) is 5.90. The molecule has 6 heteroatoms. The van der Waals surface area contributed by atoms with E-state index >= 15 is 0 Å². The molecule has 0 heterocycles. The minimum Gasteiger partial charge on any atom is -0.383 e. The van der Waals surface area contributed by atoms with Crippen LogP contribution in [0.1, 0.15) is 32.3 Å². The average molecular weight is 306 g/mol. The molecule has 1 aromatic carbocycles. The van der Waals surface area contributed by atoms with Crippen molar-refractivity contribution in [2.45, 2.75) is 39.3 Å². The summed E-state index contributed by atoms with van der Waals surface area (Å²) >= 11 is 0. The Labute approximate surface area is 132 Å². The molecule has 0 aliphatic carbocycles. The van der Waals surface area contributed by atoms with Gasteiger partial charge in [-0.1, -0.05) is 19.1 Å². The van der Waals surface area contributed by atoms with Gasteiger partial charge in [-0.05, 0) is 31.0 Å². The van der Waals surface area contributed by atoms with Gasteiger partial charge in [-0.2, -0.15) is 0 Å². The molecule has 122 valence electrons. The number of ether oxygens (including phenoxy) is 1. The number of hydrogen-bond donors (Lipinski definition) is 3. The van der Waals surface area contributed by atoms with Crippen LogP contribution in [0.25, 0.3) is 0 Å². The van der Waals surface area contributed by atoms with E-state index in [1.165, 1.54) is 0 Å². The van der Waals surface area contributed by atoms with E-state index in [1.807, 2.05) is 38.1 Å². The van der Waals surface area contributed by atoms with Crippen LogP contribution in [0.3, 0.4) is 0 Å².